The van der Waals surface area contributed by atoms with Crippen LogP contribution in [-0.2, 0) is 40.0 Å². The van der Waals surface area contributed by atoms with Crippen LogP contribution < -0.4 is 54.8 Å². The van der Waals surface area contributed by atoms with Crippen molar-refractivity contribution in [1.82, 2.24) is 31.9 Å². The van der Waals surface area contributed by atoms with Crippen LogP contribution >= 0.6 is 0 Å². The van der Waals surface area contributed by atoms with Gasteiger partial charge in [0.15, 0.2) is 5.96 Å². The molecular formula is C41H69N11O8. The van der Waals surface area contributed by atoms with E-state index in [1.54, 1.807) is 30.3 Å². The highest BCUT2D eigenvalue weighted by molar-refractivity contribution is 5.96. The summed E-state index contributed by atoms with van der Waals surface area (Å²) in [7, 11) is 0. The van der Waals surface area contributed by atoms with Gasteiger partial charge in [0.25, 0.3) is 0 Å². The first-order valence-corrected chi connectivity index (χ1v) is 21.2. The lowest BCUT2D eigenvalue weighted by Crippen LogP contribution is -2.59. The number of carboxylic acid groups (broad SMARTS) is 1. The van der Waals surface area contributed by atoms with Gasteiger partial charge in [0, 0.05) is 18.9 Å². The topological polar surface area (TPSA) is 328 Å². The van der Waals surface area contributed by atoms with E-state index >= 15 is 0 Å². The molecule has 0 spiro atoms. The number of carbonyl (C=O) groups is 7. The fourth-order valence-electron chi connectivity index (χ4n) is 6.91. The fourth-order valence-corrected chi connectivity index (χ4v) is 6.91. The van der Waals surface area contributed by atoms with Crippen molar-refractivity contribution in [3.05, 3.63) is 35.9 Å². The summed E-state index contributed by atoms with van der Waals surface area (Å²) in [6.45, 7) is 3.94. The lowest BCUT2D eigenvalue weighted by molar-refractivity contribution is -0.138. The standard InChI is InChI=1S/C41H69N11O8/c1-26(2)23-32(40(60)52-33(36(56)47-25-34(53)54)24-27-13-4-3-5-14-27)51-39(59)30(18-9-11-21-43)49-38(58)31(19-12-22-46-41(44)45)50-37(57)29(17-8-10-20-42)48-35(55)28-15-6-7-16-28/h3-5,13-14,26,28-33H,6-12,15-25,42-43H2,1-2H3,(H,47,56)(H,48,55)(H,49,58)(H,50,57)(H,51,59)(H,52,60)(H,53,54)(H4,44,45,46)/t29-,30-,31-,32-,33-/m0/s1. The Morgan fingerprint density at radius 2 is 1.15 bits per heavy atom. The van der Waals surface area contributed by atoms with E-state index in [1.165, 1.54) is 0 Å². The molecule has 336 valence electrons. The van der Waals surface area contributed by atoms with E-state index in [1.807, 2.05) is 13.8 Å². The number of amides is 6. The number of hydrogen-bond acceptors (Lipinski definition) is 10. The summed E-state index contributed by atoms with van der Waals surface area (Å²) in [4.78, 5) is 97.2. The quantitative estimate of drug-likeness (QED) is 0.0274. The number of aliphatic carboxylic acids is 1. The largest absolute Gasteiger partial charge is 0.480 e. The third-order valence-electron chi connectivity index (χ3n) is 10.1. The van der Waals surface area contributed by atoms with Crippen LogP contribution in [0.5, 0.6) is 0 Å². The van der Waals surface area contributed by atoms with Gasteiger partial charge >= 0.3 is 5.97 Å². The summed E-state index contributed by atoms with van der Waals surface area (Å²) in [5.41, 5.74) is 23.2. The summed E-state index contributed by atoms with van der Waals surface area (Å²) in [6.07, 6.45) is 6.55. The molecule has 0 aromatic heterocycles. The summed E-state index contributed by atoms with van der Waals surface area (Å²) in [5.74, 6) is -5.21. The van der Waals surface area contributed by atoms with E-state index in [-0.39, 0.29) is 62.4 Å². The van der Waals surface area contributed by atoms with E-state index in [0.717, 1.165) is 25.7 Å². The van der Waals surface area contributed by atoms with Crippen LogP contribution in [0.4, 0.5) is 0 Å². The van der Waals surface area contributed by atoms with Crippen molar-refractivity contribution in [2.45, 2.75) is 134 Å². The summed E-state index contributed by atoms with van der Waals surface area (Å²) >= 11 is 0. The average Bonchev–Trinajstić information content (AvgIpc) is 3.75. The highest BCUT2D eigenvalue weighted by atomic mass is 16.4. The zero-order valence-electron chi connectivity index (χ0n) is 35.2. The van der Waals surface area contributed by atoms with E-state index in [4.69, 9.17) is 28.0 Å². The van der Waals surface area contributed by atoms with Gasteiger partial charge in [-0.2, -0.15) is 0 Å². The molecule has 0 unspecified atom stereocenters. The number of aliphatic imine (C=N–C) groups is 1. The summed E-state index contributed by atoms with van der Waals surface area (Å²) in [5, 5.41) is 25.4. The first-order valence-electron chi connectivity index (χ1n) is 21.2. The number of carboxylic acids is 1. The SMILES string of the molecule is CC(C)C[C@H](NC(=O)[C@H](CCCCN)NC(=O)[C@H](CCCN=C(N)N)NC(=O)[C@H](CCCCN)NC(=O)C1CCCC1)C(=O)N[C@@H](Cc1ccccc1)C(=O)NCC(=O)O. The van der Waals surface area contributed by atoms with Gasteiger partial charge in [-0.25, -0.2) is 0 Å². The molecular weight excluding hydrogens is 775 g/mol. The first-order chi connectivity index (χ1) is 28.6. The Balaban J connectivity index is 2.35. The summed E-state index contributed by atoms with van der Waals surface area (Å²) < 4.78 is 0. The molecule has 2 rings (SSSR count). The molecule has 19 heteroatoms. The summed E-state index contributed by atoms with van der Waals surface area (Å²) in [6, 6.07) is 3.28. The normalized spacial score (nSPS) is 15.1. The molecule has 5 atom stereocenters. The minimum atomic E-state index is -1.26. The van der Waals surface area contributed by atoms with Crippen LogP contribution in [0, 0.1) is 11.8 Å². The minimum absolute atomic E-state index is 0.0482. The second kappa shape index (κ2) is 28.2. The van der Waals surface area contributed by atoms with Crippen molar-refractivity contribution in [3.63, 3.8) is 0 Å². The molecule has 15 N–H and O–H groups in total. The smallest absolute Gasteiger partial charge is 0.322 e. The van der Waals surface area contributed by atoms with E-state index in [2.05, 4.69) is 36.9 Å². The molecule has 0 bridgehead atoms. The van der Waals surface area contributed by atoms with Crippen LogP contribution in [0.3, 0.4) is 0 Å². The number of nitrogens with one attached hydrogen (secondary N) is 6. The van der Waals surface area contributed by atoms with Gasteiger partial charge in [-0.3, -0.25) is 38.6 Å². The Kier molecular flexibility index (Phi) is 23.9. The number of rotatable bonds is 29. The Hall–Kier alpha value is -5.30. The Bertz CT molecular complexity index is 1550. The molecule has 1 aliphatic rings. The molecule has 1 fully saturated rings. The first kappa shape index (κ1) is 50.8. The van der Waals surface area contributed by atoms with E-state index < -0.39 is 72.3 Å². The van der Waals surface area contributed by atoms with Crippen molar-refractivity contribution in [2.75, 3.05) is 26.2 Å². The number of benzene rings is 1. The molecule has 1 aromatic carbocycles. The predicted octanol–water partition coefficient (Wildman–Crippen LogP) is -0.598. The molecule has 0 saturated heterocycles. The molecule has 19 nitrogen and oxygen atoms in total. The number of hydrogen-bond donors (Lipinski definition) is 11. The lowest BCUT2D eigenvalue weighted by Gasteiger charge is -2.28. The number of nitrogens with two attached hydrogens (primary N) is 4. The number of carbonyl (C=O) groups excluding carboxylic acids is 6. The zero-order valence-corrected chi connectivity index (χ0v) is 35.2. The Morgan fingerprint density at radius 1 is 0.667 bits per heavy atom. The van der Waals surface area contributed by atoms with Crippen molar-refractivity contribution >= 4 is 47.4 Å². The van der Waals surface area contributed by atoms with E-state index in [0.29, 0.717) is 50.8 Å². The maximum absolute atomic E-state index is 14.1. The maximum atomic E-state index is 14.1. The number of guanidine groups is 1. The third kappa shape index (κ3) is 20.1. The van der Waals surface area contributed by atoms with Crippen molar-refractivity contribution in [2.24, 2.45) is 39.8 Å². The van der Waals surface area contributed by atoms with Crippen molar-refractivity contribution < 1.29 is 38.7 Å². The van der Waals surface area contributed by atoms with Gasteiger partial charge in [0.1, 0.15) is 36.8 Å². The predicted molar refractivity (Wildman–Crippen MR) is 228 cm³/mol. The zero-order chi connectivity index (χ0) is 44.5. The molecule has 1 saturated carbocycles. The minimum Gasteiger partial charge on any atom is -0.480 e. The third-order valence-corrected chi connectivity index (χ3v) is 10.1. The van der Waals surface area contributed by atoms with Gasteiger partial charge in [-0.15, -0.1) is 0 Å². The van der Waals surface area contributed by atoms with Gasteiger partial charge < -0.3 is 59.9 Å². The highest BCUT2D eigenvalue weighted by Crippen LogP contribution is 2.25. The van der Waals surface area contributed by atoms with Crippen LogP contribution in [0.1, 0.15) is 103 Å². The van der Waals surface area contributed by atoms with Crippen LogP contribution in [-0.4, -0.2) is 109 Å². The van der Waals surface area contributed by atoms with Crippen molar-refractivity contribution in [3.8, 4) is 0 Å². The monoisotopic (exact) mass is 844 g/mol. The molecule has 1 aliphatic carbocycles. The average molecular weight is 844 g/mol. The number of unbranched alkanes of at least 4 members (excludes halogenated alkanes) is 2. The van der Waals surface area contributed by atoms with Crippen LogP contribution in [0.25, 0.3) is 0 Å². The number of nitrogens with zero attached hydrogens (tertiary/aromatic N) is 1. The van der Waals surface area contributed by atoms with Gasteiger partial charge in [0.05, 0.1) is 0 Å². The Labute approximate surface area is 353 Å². The molecule has 0 heterocycles. The van der Waals surface area contributed by atoms with Crippen LogP contribution in [0.2, 0.25) is 0 Å². The lowest BCUT2D eigenvalue weighted by atomic mass is 10.00. The second-order valence-corrected chi connectivity index (χ2v) is 15.7. The maximum Gasteiger partial charge on any atom is 0.322 e. The van der Waals surface area contributed by atoms with Crippen LogP contribution in [0.15, 0.2) is 35.3 Å². The fraction of sp³-hybridized carbons (Fsp3) is 0.659. The molecule has 1 aromatic rings. The molecule has 6 amide bonds. The molecule has 60 heavy (non-hydrogen) atoms. The molecule has 0 aliphatic heterocycles. The van der Waals surface area contributed by atoms with Gasteiger partial charge in [-0.05, 0) is 95.2 Å². The van der Waals surface area contributed by atoms with Gasteiger partial charge in [-0.1, -0.05) is 57.0 Å². The van der Waals surface area contributed by atoms with Crippen molar-refractivity contribution in [1.29, 1.82) is 0 Å². The van der Waals surface area contributed by atoms with E-state index in [9.17, 15) is 33.6 Å². The highest BCUT2D eigenvalue weighted by Gasteiger charge is 2.34. The van der Waals surface area contributed by atoms with Gasteiger partial charge in [0.2, 0.25) is 35.4 Å². The molecule has 0 radical (unpaired) electrons. The second-order valence-electron chi connectivity index (χ2n) is 15.7. The Morgan fingerprint density at radius 3 is 1.65 bits per heavy atom.